The Kier molecular flexibility index (Phi) is 3.60. The van der Waals surface area contributed by atoms with Gasteiger partial charge in [0.25, 0.3) is 5.91 Å². The van der Waals surface area contributed by atoms with Crippen molar-refractivity contribution in [2.24, 2.45) is 0 Å². The fraction of sp³-hybridized carbons (Fsp3) is 0.214. The average molecular weight is 229 g/mol. The zero-order valence-electron chi connectivity index (χ0n) is 9.77. The molecule has 1 aromatic heterocycles. The molecule has 0 aliphatic rings. The number of furan rings is 1. The molecule has 0 spiro atoms. The Hall–Kier alpha value is -2.03. The lowest BCUT2D eigenvalue weighted by atomic mass is 10.1. The van der Waals surface area contributed by atoms with Gasteiger partial charge in [0.2, 0.25) is 0 Å². The van der Waals surface area contributed by atoms with Crippen molar-refractivity contribution in [3.63, 3.8) is 0 Å². The molecule has 2 rings (SSSR count). The van der Waals surface area contributed by atoms with Crippen LogP contribution >= 0.6 is 0 Å². The number of rotatable bonds is 4. The number of amides is 1. The second-order valence-electron chi connectivity index (χ2n) is 3.76. The van der Waals surface area contributed by atoms with Gasteiger partial charge in [-0.3, -0.25) is 4.79 Å². The largest absolute Gasteiger partial charge is 0.463 e. The van der Waals surface area contributed by atoms with Crippen LogP contribution in [0.25, 0.3) is 11.0 Å². The summed E-state index contributed by atoms with van der Waals surface area (Å²) >= 11 is 0. The number of carbonyl (C=O) groups excluding carboxylic acids is 1. The number of allylic oxidation sites excluding steroid dienone is 1. The van der Waals surface area contributed by atoms with E-state index in [9.17, 15) is 4.79 Å². The number of carbonyl (C=O) groups is 1. The van der Waals surface area contributed by atoms with Crippen molar-refractivity contribution in [2.45, 2.75) is 13.3 Å². The van der Waals surface area contributed by atoms with Crippen LogP contribution in [0.4, 0.5) is 0 Å². The highest BCUT2D eigenvalue weighted by atomic mass is 16.3. The van der Waals surface area contributed by atoms with Crippen LogP contribution in [-0.2, 0) is 0 Å². The molecule has 0 unspecified atom stereocenters. The molecule has 1 N–H and O–H groups in total. The van der Waals surface area contributed by atoms with Gasteiger partial charge in [-0.2, -0.15) is 0 Å². The molecule has 0 radical (unpaired) electrons. The topological polar surface area (TPSA) is 42.2 Å². The number of para-hydroxylation sites is 1. The van der Waals surface area contributed by atoms with Crippen LogP contribution in [0.1, 0.15) is 23.7 Å². The Labute approximate surface area is 100 Å². The summed E-state index contributed by atoms with van der Waals surface area (Å²) in [5, 5.41) is 3.72. The third-order valence-corrected chi connectivity index (χ3v) is 2.56. The van der Waals surface area contributed by atoms with E-state index < -0.39 is 0 Å². The molecule has 0 aliphatic carbocycles. The maximum Gasteiger partial charge on any atom is 0.255 e. The fourth-order valence-electron chi connectivity index (χ4n) is 1.68. The van der Waals surface area contributed by atoms with Gasteiger partial charge in [-0.25, -0.2) is 0 Å². The van der Waals surface area contributed by atoms with Gasteiger partial charge in [0.1, 0.15) is 11.8 Å². The lowest BCUT2D eigenvalue weighted by Gasteiger charge is -2.00. The van der Waals surface area contributed by atoms with Crippen molar-refractivity contribution >= 4 is 16.9 Å². The normalized spacial score (nSPS) is 11.1. The first kappa shape index (κ1) is 11.5. The standard InChI is InChI=1S/C14H15NO2/c1-2-3-6-9-15-14(16)12-10-17-13-8-5-4-7-11(12)13/h2-5,7-8,10H,6,9H2,1H3,(H,15,16)/b3-2+. The van der Waals surface area contributed by atoms with Crippen LogP contribution in [0.3, 0.4) is 0 Å². The van der Waals surface area contributed by atoms with Crippen molar-refractivity contribution < 1.29 is 9.21 Å². The first-order valence-corrected chi connectivity index (χ1v) is 5.68. The minimum absolute atomic E-state index is 0.0838. The number of benzene rings is 1. The second kappa shape index (κ2) is 5.34. The highest BCUT2D eigenvalue weighted by molar-refractivity contribution is 6.05. The molecule has 0 saturated carbocycles. The van der Waals surface area contributed by atoms with Gasteiger partial charge < -0.3 is 9.73 Å². The zero-order valence-corrected chi connectivity index (χ0v) is 9.77. The minimum atomic E-state index is -0.0838. The van der Waals surface area contributed by atoms with E-state index in [0.717, 1.165) is 17.4 Å². The smallest absolute Gasteiger partial charge is 0.255 e. The Bertz CT molecular complexity index is 540. The van der Waals surface area contributed by atoms with Gasteiger partial charge in [-0.1, -0.05) is 30.4 Å². The van der Waals surface area contributed by atoms with E-state index in [-0.39, 0.29) is 5.91 Å². The molecule has 0 atom stereocenters. The quantitative estimate of drug-likeness (QED) is 0.646. The Balaban J connectivity index is 2.09. The molecule has 1 aromatic carbocycles. The van der Waals surface area contributed by atoms with Gasteiger partial charge in [0.15, 0.2) is 0 Å². The monoisotopic (exact) mass is 229 g/mol. The van der Waals surface area contributed by atoms with Gasteiger partial charge in [-0.05, 0) is 19.4 Å². The number of nitrogens with one attached hydrogen (secondary N) is 1. The third-order valence-electron chi connectivity index (χ3n) is 2.56. The van der Waals surface area contributed by atoms with E-state index in [2.05, 4.69) is 5.32 Å². The molecule has 3 nitrogen and oxygen atoms in total. The average Bonchev–Trinajstić information content (AvgIpc) is 2.78. The van der Waals surface area contributed by atoms with Gasteiger partial charge >= 0.3 is 0 Å². The van der Waals surface area contributed by atoms with Crippen molar-refractivity contribution in [1.82, 2.24) is 5.32 Å². The molecule has 0 saturated heterocycles. The zero-order chi connectivity index (χ0) is 12.1. The third kappa shape index (κ3) is 2.56. The van der Waals surface area contributed by atoms with Crippen LogP contribution < -0.4 is 5.32 Å². The van der Waals surface area contributed by atoms with Gasteiger partial charge in [0, 0.05) is 11.9 Å². The van der Waals surface area contributed by atoms with Crippen molar-refractivity contribution in [2.75, 3.05) is 6.54 Å². The van der Waals surface area contributed by atoms with Crippen molar-refractivity contribution in [1.29, 1.82) is 0 Å². The Morgan fingerprint density at radius 1 is 1.41 bits per heavy atom. The molecule has 88 valence electrons. The maximum absolute atomic E-state index is 11.9. The second-order valence-corrected chi connectivity index (χ2v) is 3.76. The molecule has 1 amide bonds. The lowest BCUT2D eigenvalue weighted by Crippen LogP contribution is -2.23. The first-order valence-electron chi connectivity index (χ1n) is 5.68. The van der Waals surface area contributed by atoms with Gasteiger partial charge in [-0.15, -0.1) is 0 Å². The summed E-state index contributed by atoms with van der Waals surface area (Å²) < 4.78 is 5.32. The van der Waals surface area contributed by atoms with E-state index in [1.165, 1.54) is 6.26 Å². The summed E-state index contributed by atoms with van der Waals surface area (Å²) in [5.74, 6) is -0.0838. The van der Waals surface area contributed by atoms with Crippen LogP contribution in [0, 0.1) is 0 Å². The van der Waals surface area contributed by atoms with E-state index in [0.29, 0.717) is 12.1 Å². The molecular formula is C14H15NO2. The van der Waals surface area contributed by atoms with E-state index in [4.69, 9.17) is 4.42 Å². The summed E-state index contributed by atoms with van der Waals surface area (Å²) in [7, 11) is 0. The summed E-state index contributed by atoms with van der Waals surface area (Å²) in [4.78, 5) is 11.9. The molecule has 0 fully saturated rings. The minimum Gasteiger partial charge on any atom is -0.463 e. The fourth-order valence-corrected chi connectivity index (χ4v) is 1.68. The molecule has 17 heavy (non-hydrogen) atoms. The summed E-state index contributed by atoms with van der Waals surface area (Å²) in [6, 6.07) is 7.53. The van der Waals surface area contributed by atoms with Crippen molar-refractivity contribution in [3.05, 3.63) is 48.2 Å². The maximum atomic E-state index is 11.9. The lowest BCUT2D eigenvalue weighted by molar-refractivity contribution is 0.0955. The van der Waals surface area contributed by atoms with Crippen LogP contribution in [0.15, 0.2) is 47.1 Å². The molecule has 3 heteroatoms. The first-order chi connectivity index (χ1) is 8.33. The Morgan fingerprint density at radius 3 is 3.06 bits per heavy atom. The van der Waals surface area contributed by atoms with Crippen LogP contribution in [0.2, 0.25) is 0 Å². The predicted octanol–water partition coefficient (Wildman–Crippen LogP) is 3.13. The van der Waals surface area contributed by atoms with E-state index >= 15 is 0 Å². The summed E-state index contributed by atoms with van der Waals surface area (Å²) in [6.07, 6.45) is 6.35. The highest BCUT2D eigenvalue weighted by Crippen LogP contribution is 2.20. The van der Waals surface area contributed by atoms with E-state index in [1.807, 2.05) is 43.3 Å². The summed E-state index contributed by atoms with van der Waals surface area (Å²) in [6.45, 7) is 2.61. The van der Waals surface area contributed by atoms with Gasteiger partial charge in [0.05, 0.1) is 5.56 Å². The number of fused-ring (bicyclic) bond motifs is 1. The number of hydrogen-bond acceptors (Lipinski definition) is 2. The highest BCUT2D eigenvalue weighted by Gasteiger charge is 2.11. The molecule has 0 aliphatic heterocycles. The van der Waals surface area contributed by atoms with Crippen molar-refractivity contribution in [3.8, 4) is 0 Å². The van der Waals surface area contributed by atoms with Crippen LogP contribution in [0.5, 0.6) is 0 Å². The molecule has 0 bridgehead atoms. The number of hydrogen-bond donors (Lipinski definition) is 1. The molecule has 2 aromatic rings. The van der Waals surface area contributed by atoms with Crippen LogP contribution in [-0.4, -0.2) is 12.5 Å². The molecular weight excluding hydrogens is 214 g/mol. The predicted molar refractivity (Wildman–Crippen MR) is 68.0 cm³/mol. The molecule has 1 heterocycles. The summed E-state index contributed by atoms with van der Waals surface area (Å²) in [5.41, 5.74) is 1.34. The Morgan fingerprint density at radius 2 is 2.24 bits per heavy atom. The SMILES string of the molecule is C/C=C/CCNC(=O)c1coc2ccccc12. The van der Waals surface area contributed by atoms with E-state index in [1.54, 1.807) is 0 Å².